The molecule has 1 saturated carbocycles. The highest BCUT2D eigenvalue weighted by Gasteiger charge is 2.27. The van der Waals surface area contributed by atoms with Crippen LogP contribution in [-0.2, 0) is 4.79 Å². The Kier molecular flexibility index (Phi) is 6.49. The Morgan fingerprint density at radius 1 is 1.21 bits per heavy atom. The Bertz CT molecular complexity index is 1200. The molecule has 10 heteroatoms. The highest BCUT2D eigenvalue weighted by molar-refractivity contribution is 6.30. The molecule has 3 N–H and O–H groups in total. The molecule has 178 valence electrons. The topological polar surface area (TPSA) is 105 Å². The molecular formula is C24H29ClN8O. The Balaban J connectivity index is 1.26. The standard InChI is InChI=1S/C24H29ClN8O/c1-31(18-8-9-18)12-2-3-20(34)29-32-13-10-19(11-14-32)33-24-21(23(26)27-15-28-24)22(30-33)16-4-6-17(25)7-5-16/h2-7,15,18-19H,8-14H2,1H3,(H,29,34)(H2,26,27,28). The van der Waals surface area contributed by atoms with Crippen molar-refractivity contribution in [2.45, 2.75) is 37.8 Å². The lowest BCUT2D eigenvalue weighted by molar-refractivity contribution is -0.121. The number of aromatic nitrogens is 4. The molecule has 0 unspecified atom stereocenters. The van der Waals surface area contributed by atoms with Crippen molar-refractivity contribution in [3.8, 4) is 11.3 Å². The number of hydrogen-bond donors (Lipinski definition) is 2. The molecule has 1 saturated heterocycles. The van der Waals surface area contributed by atoms with Crippen molar-refractivity contribution in [2.75, 3.05) is 32.4 Å². The van der Waals surface area contributed by atoms with Crippen LogP contribution in [0.4, 0.5) is 5.82 Å². The summed E-state index contributed by atoms with van der Waals surface area (Å²) < 4.78 is 1.96. The second-order valence-electron chi connectivity index (χ2n) is 9.02. The van der Waals surface area contributed by atoms with Gasteiger partial charge in [0, 0.05) is 42.3 Å². The molecule has 3 aromatic rings. The number of halogens is 1. The van der Waals surface area contributed by atoms with Gasteiger partial charge in [-0.15, -0.1) is 0 Å². The largest absolute Gasteiger partial charge is 0.383 e. The number of rotatable bonds is 7. The van der Waals surface area contributed by atoms with Crippen molar-refractivity contribution < 1.29 is 4.79 Å². The molecule has 2 aliphatic rings. The summed E-state index contributed by atoms with van der Waals surface area (Å²) in [6.45, 7) is 2.25. The van der Waals surface area contributed by atoms with E-state index in [1.165, 1.54) is 19.2 Å². The Hall–Kier alpha value is -3.01. The SMILES string of the molecule is CN(CC=CC(=O)NN1CCC(n2nc(-c3ccc(Cl)cc3)c3c(N)ncnc32)CC1)C1CC1. The minimum atomic E-state index is -0.0854. The van der Waals surface area contributed by atoms with E-state index in [1.54, 1.807) is 6.08 Å². The molecule has 5 rings (SSSR count). The number of fused-ring (bicyclic) bond motifs is 1. The number of anilines is 1. The van der Waals surface area contributed by atoms with Gasteiger partial charge in [0.2, 0.25) is 0 Å². The van der Waals surface area contributed by atoms with Crippen LogP contribution in [0.5, 0.6) is 0 Å². The maximum atomic E-state index is 12.3. The smallest absolute Gasteiger partial charge is 0.258 e. The van der Waals surface area contributed by atoms with Gasteiger partial charge < -0.3 is 5.73 Å². The molecule has 1 aliphatic heterocycles. The van der Waals surface area contributed by atoms with Crippen molar-refractivity contribution in [3.05, 3.63) is 47.8 Å². The maximum absolute atomic E-state index is 12.3. The van der Waals surface area contributed by atoms with Gasteiger partial charge in [-0.05, 0) is 44.9 Å². The van der Waals surface area contributed by atoms with E-state index in [1.807, 2.05) is 40.0 Å². The van der Waals surface area contributed by atoms with Gasteiger partial charge in [-0.3, -0.25) is 15.1 Å². The molecular weight excluding hydrogens is 452 g/mol. The number of nitrogen functional groups attached to an aromatic ring is 1. The molecule has 9 nitrogen and oxygen atoms in total. The van der Waals surface area contributed by atoms with Crippen molar-refractivity contribution in [1.82, 2.24) is 35.1 Å². The average molecular weight is 481 g/mol. The Labute approximate surface area is 203 Å². The second kappa shape index (κ2) is 9.69. The molecule has 0 spiro atoms. The summed E-state index contributed by atoms with van der Waals surface area (Å²) in [6.07, 6.45) is 9.21. The normalized spacial score (nSPS) is 17.7. The van der Waals surface area contributed by atoms with Crippen LogP contribution >= 0.6 is 11.6 Å². The third-order valence-corrected chi connectivity index (χ3v) is 6.80. The van der Waals surface area contributed by atoms with E-state index in [9.17, 15) is 4.79 Å². The van der Waals surface area contributed by atoms with Crippen LogP contribution in [0.15, 0.2) is 42.7 Å². The van der Waals surface area contributed by atoms with Gasteiger partial charge in [-0.25, -0.2) is 19.7 Å². The van der Waals surface area contributed by atoms with Crippen LogP contribution in [0.25, 0.3) is 22.3 Å². The number of nitrogens with one attached hydrogen (secondary N) is 1. The summed E-state index contributed by atoms with van der Waals surface area (Å²) in [5.41, 5.74) is 11.6. The average Bonchev–Trinajstić information content (AvgIpc) is 3.61. The number of amides is 1. The van der Waals surface area contributed by atoms with E-state index in [0.717, 1.165) is 54.8 Å². The first kappa shape index (κ1) is 22.8. The number of benzene rings is 1. The van der Waals surface area contributed by atoms with Crippen LogP contribution in [0.1, 0.15) is 31.7 Å². The molecule has 3 heterocycles. The quantitative estimate of drug-likeness (QED) is 0.500. The van der Waals surface area contributed by atoms with Crippen molar-refractivity contribution in [2.24, 2.45) is 0 Å². The van der Waals surface area contributed by atoms with Crippen molar-refractivity contribution in [3.63, 3.8) is 0 Å². The summed E-state index contributed by atoms with van der Waals surface area (Å²) >= 11 is 6.07. The molecule has 0 bridgehead atoms. The molecule has 0 atom stereocenters. The fourth-order valence-electron chi connectivity index (χ4n) is 4.47. The fraction of sp³-hybridized carbons (Fsp3) is 0.417. The summed E-state index contributed by atoms with van der Waals surface area (Å²) in [5, 5.41) is 8.30. The number of piperidine rings is 1. The Morgan fingerprint density at radius 2 is 1.94 bits per heavy atom. The summed E-state index contributed by atoms with van der Waals surface area (Å²) in [4.78, 5) is 23.3. The van der Waals surface area contributed by atoms with E-state index in [4.69, 9.17) is 22.4 Å². The van der Waals surface area contributed by atoms with Gasteiger partial charge in [0.05, 0.1) is 11.4 Å². The number of carbonyl (C=O) groups is 1. The number of nitrogens with zero attached hydrogens (tertiary/aromatic N) is 6. The first-order chi connectivity index (χ1) is 16.5. The molecule has 0 radical (unpaired) electrons. The third kappa shape index (κ3) is 4.91. The molecule has 1 amide bonds. The second-order valence-corrected chi connectivity index (χ2v) is 9.46. The lowest BCUT2D eigenvalue weighted by Crippen LogP contribution is -2.46. The minimum Gasteiger partial charge on any atom is -0.383 e. The summed E-state index contributed by atoms with van der Waals surface area (Å²) in [7, 11) is 2.10. The van der Waals surface area contributed by atoms with Crippen LogP contribution in [0.2, 0.25) is 5.02 Å². The number of likely N-dealkylation sites (N-methyl/N-ethyl adjacent to an activating group) is 1. The zero-order valence-electron chi connectivity index (χ0n) is 19.2. The van der Waals surface area contributed by atoms with Crippen LogP contribution < -0.4 is 11.2 Å². The van der Waals surface area contributed by atoms with Crippen molar-refractivity contribution in [1.29, 1.82) is 0 Å². The van der Waals surface area contributed by atoms with E-state index < -0.39 is 0 Å². The van der Waals surface area contributed by atoms with Gasteiger partial charge in [0.15, 0.2) is 5.65 Å². The molecule has 1 aromatic carbocycles. The zero-order chi connectivity index (χ0) is 23.7. The van der Waals surface area contributed by atoms with Crippen LogP contribution in [0, 0.1) is 0 Å². The molecule has 34 heavy (non-hydrogen) atoms. The van der Waals surface area contributed by atoms with E-state index in [-0.39, 0.29) is 11.9 Å². The van der Waals surface area contributed by atoms with E-state index in [0.29, 0.717) is 16.9 Å². The number of carbonyl (C=O) groups excluding carboxylic acids is 1. The highest BCUT2D eigenvalue weighted by Crippen LogP contribution is 2.34. The molecule has 1 aliphatic carbocycles. The van der Waals surface area contributed by atoms with Gasteiger partial charge in [0.25, 0.3) is 5.91 Å². The minimum absolute atomic E-state index is 0.0854. The predicted molar refractivity (Wildman–Crippen MR) is 133 cm³/mol. The maximum Gasteiger partial charge on any atom is 0.258 e. The summed E-state index contributed by atoms with van der Waals surface area (Å²) in [6, 6.07) is 8.35. The number of hydrogen-bond acceptors (Lipinski definition) is 7. The van der Waals surface area contributed by atoms with E-state index >= 15 is 0 Å². The lowest BCUT2D eigenvalue weighted by Gasteiger charge is -2.31. The molecule has 2 aromatic heterocycles. The zero-order valence-corrected chi connectivity index (χ0v) is 19.9. The van der Waals surface area contributed by atoms with Gasteiger partial charge in [0.1, 0.15) is 17.8 Å². The Morgan fingerprint density at radius 3 is 2.65 bits per heavy atom. The first-order valence-electron chi connectivity index (χ1n) is 11.7. The van der Waals surface area contributed by atoms with Gasteiger partial charge in [-0.2, -0.15) is 5.10 Å². The first-order valence-corrected chi connectivity index (χ1v) is 12.0. The third-order valence-electron chi connectivity index (χ3n) is 6.55. The van der Waals surface area contributed by atoms with Gasteiger partial charge in [-0.1, -0.05) is 29.8 Å². The number of hydrazine groups is 1. The number of nitrogens with two attached hydrogens (primary N) is 1. The monoisotopic (exact) mass is 480 g/mol. The molecule has 2 fully saturated rings. The lowest BCUT2D eigenvalue weighted by atomic mass is 10.1. The van der Waals surface area contributed by atoms with Gasteiger partial charge >= 0.3 is 0 Å². The highest BCUT2D eigenvalue weighted by atomic mass is 35.5. The van der Waals surface area contributed by atoms with Crippen LogP contribution in [0.3, 0.4) is 0 Å². The summed E-state index contributed by atoms with van der Waals surface area (Å²) in [5.74, 6) is 0.322. The van der Waals surface area contributed by atoms with E-state index in [2.05, 4.69) is 27.3 Å². The predicted octanol–water partition coefficient (Wildman–Crippen LogP) is 3.05. The van der Waals surface area contributed by atoms with Crippen LogP contribution in [-0.4, -0.2) is 68.3 Å². The van der Waals surface area contributed by atoms with Crippen molar-refractivity contribution >= 4 is 34.4 Å². The fourth-order valence-corrected chi connectivity index (χ4v) is 4.59.